The molecule has 0 unspecified atom stereocenters. The van der Waals surface area contributed by atoms with Crippen molar-refractivity contribution >= 4 is 23.0 Å². The van der Waals surface area contributed by atoms with Crippen molar-refractivity contribution in [1.29, 1.82) is 0 Å². The molecular weight excluding hydrogens is 394 g/mol. The van der Waals surface area contributed by atoms with Crippen molar-refractivity contribution < 1.29 is 4.92 Å². The zero-order valence-electron chi connectivity index (χ0n) is 15.4. The minimum absolute atomic E-state index is 0.0194. The number of hydrogen-bond donors (Lipinski definition) is 2. The maximum atomic E-state index is 12.7. The summed E-state index contributed by atoms with van der Waals surface area (Å²) >= 11 is 5.89. The minimum Gasteiger partial charge on any atom is -0.399 e. The van der Waals surface area contributed by atoms with E-state index in [1.54, 1.807) is 24.3 Å². The fourth-order valence-corrected chi connectivity index (χ4v) is 3.64. The van der Waals surface area contributed by atoms with Gasteiger partial charge < -0.3 is 10.7 Å². The van der Waals surface area contributed by atoms with Crippen LogP contribution >= 0.6 is 11.6 Å². The molecule has 0 fully saturated rings. The number of rotatable bonds is 4. The highest BCUT2D eigenvalue weighted by Crippen LogP contribution is 2.26. The predicted molar refractivity (Wildman–Crippen MR) is 111 cm³/mol. The number of aromatic amines is 1. The lowest BCUT2D eigenvalue weighted by Gasteiger charge is -2.27. The van der Waals surface area contributed by atoms with Gasteiger partial charge in [-0.3, -0.25) is 19.8 Å². The Morgan fingerprint density at radius 3 is 2.72 bits per heavy atom. The van der Waals surface area contributed by atoms with E-state index in [9.17, 15) is 14.9 Å². The lowest BCUT2D eigenvalue weighted by Crippen LogP contribution is -2.35. The van der Waals surface area contributed by atoms with Gasteiger partial charge >= 0.3 is 0 Å². The van der Waals surface area contributed by atoms with Gasteiger partial charge in [-0.15, -0.1) is 0 Å². The molecule has 148 valence electrons. The van der Waals surface area contributed by atoms with Crippen LogP contribution in [0.5, 0.6) is 0 Å². The van der Waals surface area contributed by atoms with Gasteiger partial charge in [0.2, 0.25) is 0 Å². The van der Waals surface area contributed by atoms with E-state index in [2.05, 4.69) is 9.97 Å². The van der Waals surface area contributed by atoms with Gasteiger partial charge in [0.05, 0.1) is 16.2 Å². The Morgan fingerprint density at radius 2 is 2.00 bits per heavy atom. The van der Waals surface area contributed by atoms with E-state index in [0.717, 1.165) is 11.3 Å². The molecule has 4 rings (SSSR count). The molecule has 0 bridgehead atoms. The number of nitro benzene ring substituents is 1. The smallest absolute Gasteiger partial charge is 0.275 e. The highest BCUT2D eigenvalue weighted by Gasteiger charge is 2.24. The number of nitrogens with two attached hydrogens (primary N) is 1. The predicted octanol–water partition coefficient (Wildman–Crippen LogP) is 3.14. The zero-order valence-corrected chi connectivity index (χ0v) is 16.1. The molecule has 0 saturated heterocycles. The Morgan fingerprint density at radius 1 is 1.24 bits per heavy atom. The minimum atomic E-state index is -0.438. The maximum Gasteiger partial charge on any atom is 0.275 e. The molecule has 1 aliphatic rings. The summed E-state index contributed by atoms with van der Waals surface area (Å²) in [7, 11) is 0. The van der Waals surface area contributed by atoms with Crippen LogP contribution in [0.4, 0.5) is 11.4 Å². The lowest BCUT2D eigenvalue weighted by atomic mass is 10.0. The number of benzene rings is 2. The van der Waals surface area contributed by atoms with Crippen LogP contribution in [-0.4, -0.2) is 26.3 Å². The first-order valence-corrected chi connectivity index (χ1v) is 9.41. The van der Waals surface area contributed by atoms with Crippen molar-refractivity contribution in [3.05, 3.63) is 84.8 Å². The molecule has 9 heteroatoms. The van der Waals surface area contributed by atoms with E-state index in [-0.39, 0.29) is 11.2 Å². The number of nitrogens with one attached hydrogen (secondary N) is 1. The van der Waals surface area contributed by atoms with Crippen molar-refractivity contribution in [2.24, 2.45) is 0 Å². The second-order valence-electron chi connectivity index (χ2n) is 6.95. The quantitative estimate of drug-likeness (QED) is 0.387. The Bertz CT molecular complexity index is 1140. The number of nitrogens with zero attached hydrogens (tertiary/aromatic N) is 3. The monoisotopic (exact) mass is 411 g/mol. The molecule has 2 heterocycles. The number of hydrogen-bond acceptors (Lipinski definition) is 6. The third-order valence-electron chi connectivity index (χ3n) is 4.97. The van der Waals surface area contributed by atoms with Gasteiger partial charge in [-0.25, -0.2) is 4.98 Å². The third-order valence-corrected chi connectivity index (χ3v) is 5.20. The van der Waals surface area contributed by atoms with E-state index in [1.807, 2.05) is 17.0 Å². The Labute approximate surface area is 171 Å². The van der Waals surface area contributed by atoms with Crippen molar-refractivity contribution in [3.63, 3.8) is 0 Å². The molecule has 1 aromatic heterocycles. The van der Waals surface area contributed by atoms with E-state index >= 15 is 0 Å². The average molecular weight is 412 g/mol. The summed E-state index contributed by atoms with van der Waals surface area (Å²) in [4.78, 5) is 33.0. The molecular formula is C20H18ClN5O3. The number of H-pyrrole nitrogens is 1. The van der Waals surface area contributed by atoms with Gasteiger partial charge in [-0.2, -0.15) is 0 Å². The van der Waals surface area contributed by atoms with Gasteiger partial charge in [0.1, 0.15) is 5.82 Å². The van der Waals surface area contributed by atoms with E-state index in [4.69, 9.17) is 17.3 Å². The number of nitrogen functional groups attached to an aromatic ring is 1. The SMILES string of the molecule is Nc1ccc(-c2nc3c(c(=O)[nH]2)CN(Cc2ccc(Cl)cc2[N+](=O)[O-])CC3)cc1. The molecule has 0 saturated carbocycles. The largest absolute Gasteiger partial charge is 0.399 e. The summed E-state index contributed by atoms with van der Waals surface area (Å²) in [6.45, 7) is 1.37. The first kappa shape index (κ1) is 19.1. The van der Waals surface area contributed by atoms with Gasteiger partial charge in [0.15, 0.2) is 0 Å². The molecule has 3 N–H and O–H groups in total. The number of anilines is 1. The number of halogens is 1. The summed E-state index contributed by atoms with van der Waals surface area (Å²) in [5.41, 5.74) is 8.83. The van der Waals surface area contributed by atoms with Gasteiger partial charge in [0.25, 0.3) is 11.2 Å². The van der Waals surface area contributed by atoms with Crippen LogP contribution in [0, 0.1) is 10.1 Å². The van der Waals surface area contributed by atoms with E-state index in [0.29, 0.717) is 53.7 Å². The van der Waals surface area contributed by atoms with Crippen molar-refractivity contribution in [2.75, 3.05) is 12.3 Å². The molecule has 29 heavy (non-hydrogen) atoms. The van der Waals surface area contributed by atoms with Gasteiger partial charge in [-0.05, 0) is 36.4 Å². The Balaban J connectivity index is 1.59. The lowest BCUT2D eigenvalue weighted by molar-refractivity contribution is -0.385. The van der Waals surface area contributed by atoms with Gasteiger partial charge in [-0.1, -0.05) is 11.6 Å². The summed E-state index contributed by atoms with van der Waals surface area (Å²) in [5.74, 6) is 0.510. The number of aromatic nitrogens is 2. The van der Waals surface area contributed by atoms with Crippen LogP contribution in [0.3, 0.4) is 0 Å². The molecule has 8 nitrogen and oxygen atoms in total. The summed E-state index contributed by atoms with van der Waals surface area (Å²) in [5, 5.41) is 11.6. The van der Waals surface area contributed by atoms with Crippen molar-refractivity contribution in [1.82, 2.24) is 14.9 Å². The fraction of sp³-hybridized carbons (Fsp3) is 0.200. The third kappa shape index (κ3) is 3.98. The molecule has 1 aliphatic heterocycles. The first-order valence-electron chi connectivity index (χ1n) is 9.04. The number of nitro groups is 1. The van der Waals surface area contributed by atoms with Crippen LogP contribution in [0.1, 0.15) is 16.8 Å². The first-order chi connectivity index (χ1) is 13.9. The normalized spacial score (nSPS) is 13.8. The van der Waals surface area contributed by atoms with Crippen LogP contribution in [0.2, 0.25) is 5.02 Å². The average Bonchev–Trinajstić information content (AvgIpc) is 2.70. The summed E-state index contributed by atoms with van der Waals surface area (Å²) in [6.07, 6.45) is 0.586. The highest BCUT2D eigenvalue weighted by atomic mass is 35.5. The molecule has 0 spiro atoms. The maximum absolute atomic E-state index is 12.7. The number of fused-ring (bicyclic) bond motifs is 1. The topological polar surface area (TPSA) is 118 Å². The van der Waals surface area contributed by atoms with E-state index in [1.165, 1.54) is 6.07 Å². The van der Waals surface area contributed by atoms with Crippen molar-refractivity contribution in [2.45, 2.75) is 19.5 Å². The van der Waals surface area contributed by atoms with E-state index < -0.39 is 4.92 Å². The Kier molecular flexibility index (Phi) is 5.04. The second kappa shape index (κ2) is 7.65. The van der Waals surface area contributed by atoms with Crippen LogP contribution in [0.25, 0.3) is 11.4 Å². The van der Waals surface area contributed by atoms with Crippen LogP contribution < -0.4 is 11.3 Å². The summed E-state index contributed by atoms with van der Waals surface area (Å²) < 4.78 is 0. The second-order valence-corrected chi connectivity index (χ2v) is 7.39. The zero-order chi connectivity index (χ0) is 20.5. The highest BCUT2D eigenvalue weighted by molar-refractivity contribution is 6.30. The Hall–Kier alpha value is -3.23. The molecule has 0 amide bonds. The van der Waals surface area contributed by atoms with Crippen LogP contribution in [-0.2, 0) is 19.5 Å². The summed E-state index contributed by atoms with van der Waals surface area (Å²) in [6, 6.07) is 11.8. The molecule has 0 aliphatic carbocycles. The molecule has 0 radical (unpaired) electrons. The molecule has 3 aromatic rings. The standard InChI is InChI=1S/C20H18ClN5O3/c21-14-4-1-13(18(9-14)26(28)29)10-25-8-7-17-16(11-25)20(27)24-19(23-17)12-2-5-15(22)6-3-12/h1-6,9H,7-8,10-11,22H2,(H,23,24,27). The molecule has 0 atom stereocenters. The molecule has 2 aromatic carbocycles. The van der Waals surface area contributed by atoms with Crippen LogP contribution in [0.15, 0.2) is 47.3 Å². The van der Waals surface area contributed by atoms with Gasteiger partial charge in [0, 0.05) is 54.0 Å². The fourth-order valence-electron chi connectivity index (χ4n) is 3.48. The van der Waals surface area contributed by atoms with Crippen molar-refractivity contribution in [3.8, 4) is 11.4 Å².